The van der Waals surface area contributed by atoms with Crippen molar-refractivity contribution in [3.63, 3.8) is 0 Å². The fourth-order valence-electron chi connectivity index (χ4n) is 4.24. The third-order valence-electron chi connectivity index (χ3n) is 6.18. The fourth-order valence-corrected chi connectivity index (χ4v) is 4.42. The van der Waals surface area contributed by atoms with Gasteiger partial charge in [0, 0.05) is 5.56 Å². The molecule has 13 heteroatoms. The van der Waals surface area contributed by atoms with Crippen molar-refractivity contribution in [2.24, 2.45) is 0 Å². The molecule has 2 aromatic rings. The van der Waals surface area contributed by atoms with Crippen molar-refractivity contribution in [2.75, 3.05) is 20.2 Å². The normalized spacial score (nSPS) is 18.8. The van der Waals surface area contributed by atoms with Crippen LogP contribution in [0.4, 0.5) is 0 Å². The van der Waals surface area contributed by atoms with Gasteiger partial charge < -0.3 is 55.8 Å². The lowest BCUT2D eigenvalue weighted by Gasteiger charge is -2.38. The largest absolute Gasteiger partial charge is 0.504 e. The Bertz CT molecular complexity index is 1090. The van der Waals surface area contributed by atoms with Gasteiger partial charge in [0.15, 0.2) is 34.5 Å². The van der Waals surface area contributed by atoms with Gasteiger partial charge in [0.2, 0.25) is 17.3 Å². The molecule has 1 heterocycles. The standard InChI is InChI=1S/C21H26ClNO11/c1-20(8-6-9(24)14(26)19(31)13(8)25,11-15(27)17(29)12(22)18(30)16(11)28)34-7-21(32,33)10-4-3-5-23(10)2/h6,10,24-33H,3-5,7H2,1-2H3/t10?,20-/m1/s1. The first-order chi connectivity index (χ1) is 15.6. The van der Waals surface area contributed by atoms with Crippen LogP contribution in [0.25, 0.3) is 0 Å². The zero-order valence-electron chi connectivity index (χ0n) is 18.2. The monoisotopic (exact) mass is 503 g/mol. The van der Waals surface area contributed by atoms with E-state index in [0.717, 1.165) is 6.92 Å². The molecule has 0 radical (unpaired) electrons. The van der Waals surface area contributed by atoms with Crippen LogP contribution in [-0.4, -0.2) is 88.0 Å². The van der Waals surface area contributed by atoms with E-state index in [2.05, 4.69) is 0 Å². The summed E-state index contributed by atoms with van der Waals surface area (Å²) in [6.45, 7) is 0.725. The summed E-state index contributed by atoms with van der Waals surface area (Å²) in [5, 5.41) is 102. The molecule has 12 nitrogen and oxygen atoms in total. The molecule has 188 valence electrons. The quantitative estimate of drug-likeness (QED) is 0.152. The Labute approximate surface area is 198 Å². The highest BCUT2D eigenvalue weighted by atomic mass is 35.5. The van der Waals surface area contributed by atoms with Gasteiger partial charge in [-0.05, 0) is 39.4 Å². The number of aliphatic hydroxyl groups is 2. The molecule has 2 aromatic carbocycles. The predicted molar refractivity (Wildman–Crippen MR) is 116 cm³/mol. The number of halogens is 1. The van der Waals surface area contributed by atoms with Crippen LogP contribution in [0.1, 0.15) is 30.9 Å². The number of hydrogen-bond donors (Lipinski definition) is 10. The summed E-state index contributed by atoms with van der Waals surface area (Å²) in [4.78, 5) is 1.67. The molecule has 0 saturated carbocycles. The van der Waals surface area contributed by atoms with Crippen molar-refractivity contribution in [1.82, 2.24) is 4.90 Å². The Morgan fingerprint density at radius 2 is 1.47 bits per heavy atom. The summed E-state index contributed by atoms with van der Waals surface area (Å²) < 4.78 is 5.69. The van der Waals surface area contributed by atoms with Gasteiger partial charge >= 0.3 is 0 Å². The Hall–Kier alpha value is -3.03. The lowest BCUT2D eigenvalue weighted by atomic mass is 9.84. The number of benzene rings is 2. The summed E-state index contributed by atoms with van der Waals surface area (Å²) in [6, 6.07) is -0.0643. The van der Waals surface area contributed by atoms with E-state index in [9.17, 15) is 51.1 Å². The molecule has 0 aliphatic carbocycles. The van der Waals surface area contributed by atoms with Gasteiger partial charge in [-0.3, -0.25) is 4.90 Å². The maximum absolute atomic E-state index is 10.7. The maximum atomic E-state index is 10.7. The van der Waals surface area contributed by atoms with Crippen molar-refractivity contribution < 1.29 is 55.8 Å². The average molecular weight is 504 g/mol. The van der Waals surface area contributed by atoms with E-state index in [1.54, 1.807) is 11.9 Å². The number of ether oxygens (including phenoxy) is 1. The molecular formula is C21H26ClNO11. The zero-order valence-corrected chi connectivity index (χ0v) is 18.9. The van der Waals surface area contributed by atoms with Gasteiger partial charge in [-0.1, -0.05) is 11.6 Å². The minimum atomic E-state index is -2.50. The molecule has 34 heavy (non-hydrogen) atoms. The van der Waals surface area contributed by atoms with E-state index in [1.165, 1.54) is 0 Å². The third-order valence-corrected chi connectivity index (χ3v) is 6.54. The molecule has 1 unspecified atom stereocenters. The summed E-state index contributed by atoms with van der Waals surface area (Å²) in [6.07, 6.45) is 1.07. The number of likely N-dealkylation sites (N-methyl/N-ethyl adjacent to an activating group) is 1. The third kappa shape index (κ3) is 3.93. The van der Waals surface area contributed by atoms with Crippen molar-refractivity contribution in [3.8, 4) is 46.0 Å². The van der Waals surface area contributed by atoms with Crippen LogP contribution < -0.4 is 0 Å². The van der Waals surface area contributed by atoms with Gasteiger partial charge in [-0.2, -0.15) is 0 Å². The van der Waals surface area contributed by atoms with Crippen molar-refractivity contribution in [3.05, 3.63) is 22.2 Å². The van der Waals surface area contributed by atoms with Crippen molar-refractivity contribution >= 4 is 11.6 Å². The number of likely N-dealkylation sites (tertiary alicyclic amines) is 1. The lowest BCUT2D eigenvalue weighted by Crippen LogP contribution is -2.53. The molecular weight excluding hydrogens is 478 g/mol. The highest BCUT2D eigenvalue weighted by Crippen LogP contribution is 2.58. The molecule has 0 bridgehead atoms. The van der Waals surface area contributed by atoms with Crippen LogP contribution in [0.15, 0.2) is 6.07 Å². The lowest BCUT2D eigenvalue weighted by molar-refractivity contribution is -0.244. The van der Waals surface area contributed by atoms with Crippen LogP contribution in [0.5, 0.6) is 46.0 Å². The van der Waals surface area contributed by atoms with Crippen molar-refractivity contribution in [1.29, 1.82) is 0 Å². The number of rotatable bonds is 6. The van der Waals surface area contributed by atoms with Crippen LogP contribution in [0, 0.1) is 0 Å². The first kappa shape index (κ1) is 25.6. The summed E-state index contributed by atoms with van der Waals surface area (Å²) in [5.74, 6) is -11.2. The summed E-state index contributed by atoms with van der Waals surface area (Å²) in [7, 11) is 1.66. The molecule has 1 fully saturated rings. The molecule has 0 spiro atoms. The second-order valence-electron chi connectivity index (χ2n) is 8.41. The highest BCUT2D eigenvalue weighted by molar-refractivity contribution is 6.34. The first-order valence-electron chi connectivity index (χ1n) is 10.1. The topological polar surface area (TPSA) is 215 Å². The highest BCUT2D eigenvalue weighted by Gasteiger charge is 2.47. The first-order valence-corrected chi connectivity index (χ1v) is 10.4. The Morgan fingerprint density at radius 1 is 0.912 bits per heavy atom. The van der Waals surface area contributed by atoms with Crippen LogP contribution in [0.3, 0.4) is 0 Å². The van der Waals surface area contributed by atoms with E-state index in [-0.39, 0.29) is 0 Å². The minimum absolute atomic E-state index is 0.397. The zero-order chi connectivity index (χ0) is 25.7. The number of phenols is 8. The number of aromatic hydroxyl groups is 8. The van der Waals surface area contributed by atoms with Crippen LogP contribution in [0.2, 0.25) is 5.02 Å². The summed E-state index contributed by atoms with van der Waals surface area (Å²) >= 11 is 5.70. The maximum Gasteiger partial charge on any atom is 0.204 e. The summed E-state index contributed by atoms with van der Waals surface area (Å²) in [5.41, 5.74) is -3.79. The van der Waals surface area contributed by atoms with Gasteiger partial charge in [0.05, 0.1) is 11.6 Å². The molecule has 1 saturated heterocycles. The molecule has 1 aliphatic heterocycles. The van der Waals surface area contributed by atoms with Gasteiger partial charge in [0.25, 0.3) is 0 Å². The molecule has 3 rings (SSSR count). The molecule has 10 N–H and O–H groups in total. The smallest absolute Gasteiger partial charge is 0.204 e. The van der Waals surface area contributed by atoms with E-state index >= 15 is 0 Å². The predicted octanol–water partition coefficient (Wildman–Crippen LogP) is 1.04. The molecule has 0 amide bonds. The minimum Gasteiger partial charge on any atom is -0.504 e. The SMILES string of the molecule is CN1CCCC1C(O)(O)CO[C@](C)(c1cc(O)c(O)c(O)c1O)c1c(O)c(O)c(Cl)c(O)c1O. The number of hydrogen-bond acceptors (Lipinski definition) is 12. The Morgan fingerprint density at radius 3 is 1.97 bits per heavy atom. The number of nitrogens with zero attached hydrogens (tertiary/aromatic N) is 1. The van der Waals surface area contributed by atoms with Gasteiger partial charge in [0.1, 0.15) is 17.2 Å². The second-order valence-corrected chi connectivity index (χ2v) is 8.79. The van der Waals surface area contributed by atoms with E-state index in [1.807, 2.05) is 0 Å². The fraction of sp³-hybridized carbons (Fsp3) is 0.429. The van der Waals surface area contributed by atoms with Gasteiger partial charge in [-0.15, -0.1) is 0 Å². The number of phenolic OH excluding ortho intramolecular Hbond substituents is 8. The van der Waals surface area contributed by atoms with Crippen LogP contribution >= 0.6 is 11.6 Å². The van der Waals surface area contributed by atoms with E-state index in [4.69, 9.17) is 16.3 Å². The van der Waals surface area contributed by atoms with Crippen LogP contribution in [-0.2, 0) is 10.3 Å². The van der Waals surface area contributed by atoms with E-state index in [0.29, 0.717) is 25.5 Å². The molecule has 1 aliphatic rings. The average Bonchev–Trinajstić information content (AvgIpc) is 3.23. The van der Waals surface area contributed by atoms with Crippen molar-refractivity contribution in [2.45, 2.75) is 37.2 Å². The molecule has 0 aromatic heterocycles. The second kappa shape index (κ2) is 8.64. The molecule has 2 atom stereocenters. The van der Waals surface area contributed by atoms with E-state index < -0.39 is 86.2 Å². The Kier molecular flexibility index (Phi) is 6.50. The Balaban J connectivity index is 2.24. The van der Waals surface area contributed by atoms with Gasteiger partial charge in [-0.25, -0.2) is 0 Å².